The third kappa shape index (κ3) is 7.18. The van der Waals surface area contributed by atoms with E-state index in [4.69, 9.17) is 16.3 Å². The molecular weight excluding hydrogens is 380 g/mol. The highest BCUT2D eigenvalue weighted by Gasteiger charge is 2.06. The lowest BCUT2D eigenvalue weighted by Crippen LogP contribution is -1.99. The molecule has 27 heavy (non-hydrogen) atoms. The Morgan fingerprint density at radius 3 is 2.59 bits per heavy atom. The third-order valence-electron chi connectivity index (χ3n) is 4.23. The molecule has 2 rings (SSSR count). The molecule has 5 nitrogen and oxygen atoms in total. The zero-order valence-corrected chi connectivity index (χ0v) is 18.0. The maximum atomic E-state index is 6.35. The molecule has 0 radical (unpaired) electrons. The highest BCUT2D eigenvalue weighted by molar-refractivity contribution is 7.98. The fourth-order valence-corrected chi connectivity index (χ4v) is 3.40. The molecule has 1 aromatic carbocycles. The summed E-state index contributed by atoms with van der Waals surface area (Å²) in [5, 5.41) is 13.9. The topological polar surface area (TPSA) is 52.3 Å². The van der Waals surface area contributed by atoms with E-state index >= 15 is 0 Å². The van der Waals surface area contributed by atoms with Crippen molar-refractivity contribution >= 4 is 29.6 Å². The Balaban J connectivity index is 1.81. The van der Waals surface area contributed by atoms with E-state index in [2.05, 4.69) is 22.2 Å². The van der Waals surface area contributed by atoms with E-state index < -0.39 is 0 Å². The summed E-state index contributed by atoms with van der Waals surface area (Å²) in [4.78, 5) is 0. The first-order chi connectivity index (χ1) is 13.2. The van der Waals surface area contributed by atoms with Crippen LogP contribution in [0, 0.1) is 6.92 Å². The zero-order valence-electron chi connectivity index (χ0n) is 16.4. The highest BCUT2D eigenvalue weighted by atomic mass is 35.5. The highest BCUT2D eigenvalue weighted by Crippen LogP contribution is 2.25. The first-order valence-electron chi connectivity index (χ1n) is 9.58. The predicted octanol–water partition coefficient (Wildman–Crippen LogP) is 5.97. The average molecular weight is 409 g/mol. The molecular formula is C20H29ClN4OS. The van der Waals surface area contributed by atoms with E-state index in [1.807, 2.05) is 31.4 Å². The second kappa shape index (κ2) is 12.0. The number of aryl methyl sites for hydroxylation is 1. The van der Waals surface area contributed by atoms with Gasteiger partial charge >= 0.3 is 0 Å². The van der Waals surface area contributed by atoms with E-state index in [9.17, 15) is 0 Å². The molecule has 7 heteroatoms. The average Bonchev–Trinajstić information content (AvgIpc) is 3.03. The number of hydrogen-bond acceptors (Lipinski definition) is 5. The molecule has 0 spiro atoms. The van der Waals surface area contributed by atoms with Crippen molar-refractivity contribution in [1.29, 1.82) is 0 Å². The number of rotatable bonds is 12. The molecule has 0 N–H and O–H groups in total. The van der Waals surface area contributed by atoms with Gasteiger partial charge in [-0.2, -0.15) is 9.78 Å². The van der Waals surface area contributed by atoms with Crippen LogP contribution < -0.4 is 4.74 Å². The van der Waals surface area contributed by atoms with Crippen molar-refractivity contribution in [2.24, 2.45) is 5.10 Å². The van der Waals surface area contributed by atoms with Gasteiger partial charge in [-0.1, -0.05) is 68.8 Å². The number of unbranched alkanes of at least 4 members (excludes halogenated alkanes) is 6. The number of benzene rings is 1. The van der Waals surface area contributed by atoms with Gasteiger partial charge < -0.3 is 4.74 Å². The van der Waals surface area contributed by atoms with Crippen LogP contribution in [0.5, 0.6) is 5.75 Å². The maximum Gasteiger partial charge on any atom is 0.211 e. The summed E-state index contributed by atoms with van der Waals surface area (Å²) in [5.74, 6) is 1.47. The van der Waals surface area contributed by atoms with Crippen molar-refractivity contribution in [3.63, 3.8) is 0 Å². The van der Waals surface area contributed by atoms with Gasteiger partial charge in [-0.05, 0) is 43.4 Å². The molecule has 0 aliphatic carbocycles. The Labute approximate surface area is 171 Å². The lowest BCUT2D eigenvalue weighted by molar-refractivity contribution is 0.304. The largest absolute Gasteiger partial charge is 0.492 e. The van der Waals surface area contributed by atoms with E-state index in [-0.39, 0.29) is 0 Å². The van der Waals surface area contributed by atoms with E-state index in [1.165, 1.54) is 50.3 Å². The summed E-state index contributed by atoms with van der Waals surface area (Å²) in [6, 6.07) is 5.72. The fraction of sp³-hybridized carbons (Fsp3) is 0.550. The van der Waals surface area contributed by atoms with Gasteiger partial charge in [0, 0.05) is 0 Å². The van der Waals surface area contributed by atoms with Crippen LogP contribution in [0.4, 0.5) is 0 Å². The fourth-order valence-electron chi connectivity index (χ4n) is 2.68. The Bertz CT molecular complexity index is 733. The smallest absolute Gasteiger partial charge is 0.211 e. The Morgan fingerprint density at radius 2 is 1.89 bits per heavy atom. The van der Waals surface area contributed by atoms with E-state index in [1.54, 1.807) is 10.9 Å². The Morgan fingerprint density at radius 1 is 1.15 bits per heavy atom. The lowest BCUT2D eigenvalue weighted by Gasteiger charge is -2.08. The number of thioether (sulfide) groups is 1. The molecule has 0 amide bonds. The number of aromatic nitrogens is 3. The van der Waals surface area contributed by atoms with Gasteiger partial charge in [0.05, 0.1) is 17.8 Å². The van der Waals surface area contributed by atoms with Crippen LogP contribution in [0.1, 0.15) is 63.3 Å². The predicted molar refractivity (Wildman–Crippen MR) is 114 cm³/mol. The van der Waals surface area contributed by atoms with E-state index in [0.717, 1.165) is 28.7 Å². The minimum Gasteiger partial charge on any atom is -0.492 e. The van der Waals surface area contributed by atoms with Gasteiger partial charge in [-0.25, -0.2) is 0 Å². The summed E-state index contributed by atoms with van der Waals surface area (Å²) in [6.07, 6.45) is 12.6. The zero-order chi connectivity index (χ0) is 19.5. The molecule has 0 saturated heterocycles. The molecule has 0 atom stereocenters. The molecule has 0 unspecified atom stereocenters. The molecule has 0 bridgehead atoms. The van der Waals surface area contributed by atoms with Crippen LogP contribution in [0.2, 0.25) is 5.02 Å². The van der Waals surface area contributed by atoms with Crippen molar-refractivity contribution in [2.75, 3.05) is 12.9 Å². The normalized spacial score (nSPS) is 11.4. The van der Waals surface area contributed by atoms with Crippen LogP contribution in [-0.4, -0.2) is 34.0 Å². The van der Waals surface area contributed by atoms with Crippen molar-refractivity contribution in [1.82, 2.24) is 14.9 Å². The van der Waals surface area contributed by atoms with Gasteiger partial charge in [-0.3, -0.25) is 0 Å². The molecule has 0 aliphatic rings. The van der Waals surface area contributed by atoms with Gasteiger partial charge in [0.25, 0.3) is 0 Å². The van der Waals surface area contributed by atoms with Crippen LogP contribution in [0.3, 0.4) is 0 Å². The number of nitrogens with zero attached hydrogens (tertiary/aromatic N) is 4. The monoisotopic (exact) mass is 408 g/mol. The molecule has 0 saturated carbocycles. The molecule has 0 fully saturated rings. The maximum absolute atomic E-state index is 6.35. The van der Waals surface area contributed by atoms with Gasteiger partial charge in [0.2, 0.25) is 5.16 Å². The van der Waals surface area contributed by atoms with Crippen molar-refractivity contribution < 1.29 is 4.74 Å². The van der Waals surface area contributed by atoms with Gasteiger partial charge in [-0.15, -0.1) is 10.2 Å². The molecule has 1 aromatic heterocycles. The minimum atomic E-state index is 0.604. The number of hydrogen-bond donors (Lipinski definition) is 0. The van der Waals surface area contributed by atoms with Gasteiger partial charge in [0.15, 0.2) is 5.82 Å². The Kier molecular flexibility index (Phi) is 9.70. The van der Waals surface area contributed by atoms with Crippen LogP contribution in [-0.2, 0) is 0 Å². The summed E-state index contributed by atoms with van der Waals surface area (Å²) < 4.78 is 7.53. The van der Waals surface area contributed by atoms with Crippen molar-refractivity contribution in [3.05, 3.63) is 34.6 Å². The van der Waals surface area contributed by atoms with Gasteiger partial charge in [0.1, 0.15) is 5.75 Å². The number of halogens is 1. The molecule has 148 valence electrons. The second-order valence-electron chi connectivity index (χ2n) is 6.45. The molecule has 1 heterocycles. The quantitative estimate of drug-likeness (QED) is 0.246. The SMILES string of the molecule is CCCCCCCCCOc1ccc(/C=N\n2c(C)nnc2SC)cc1Cl. The summed E-state index contributed by atoms with van der Waals surface area (Å²) >= 11 is 7.86. The first kappa shape index (κ1) is 21.8. The molecule has 0 aliphatic heterocycles. The second-order valence-corrected chi connectivity index (χ2v) is 7.63. The summed E-state index contributed by atoms with van der Waals surface area (Å²) in [6.45, 7) is 4.82. The van der Waals surface area contributed by atoms with E-state index in [0.29, 0.717) is 11.6 Å². The molecule has 2 aromatic rings. The summed E-state index contributed by atoms with van der Waals surface area (Å²) in [5.41, 5.74) is 0.906. The number of ether oxygens (including phenoxy) is 1. The standard InChI is InChI=1S/C20H29ClN4OS/c1-4-5-6-7-8-9-10-13-26-19-12-11-17(14-18(19)21)15-22-25-16(2)23-24-20(25)27-3/h11-12,14-15H,4-10,13H2,1-3H3/b22-15-. The third-order valence-corrected chi connectivity index (χ3v) is 5.15. The van der Waals surface area contributed by atoms with Crippen molar-refractivity contribution in [3.8, 4) is 5.75 Å². The lowest BCUT2D eigenvalue weighted by atomic mass is 10.1. The first-order valence-corrected chi connectivity index (χ1v) is 11.2. The van der Waals surface area contributed by atoms with Crippen molar-refractivity contribution in [2.45, 2.75) is 63.9 Å². The van der Waals surface area contributed by atoms with Crippen LogP contribution in [0.25, 0.3) is 0 Å². The minimum absolute atomic E-state index is 0.604. The van der Waals surface area contributed by atoms with Crippen LogP contribution in [0.15, 0.2) is 28.5 Å². The Hall–Kier alpha value is -1.53. The summed E-state index contributed by atoms with van der Waals surface area (Å²) in [7, 11) is 0. The van der Waals surface area contributed by atoms with Crippen LogP contribution >= 0.6 is 23.4 Å².